The minimum Gasteiger partial charge on any atom is -0.312 e. The van der Waals surface area contributed by atoms with E-state index in [1.54, 1.807) is 6.07 Å². The number of hydrogen-bond donors (Lipinski definition) is 0. The van der Waals surface area contributed by atoms with Crippen LogP contribution in [0.15, 0.2) is 41.2 Å². The molecule has 2 aromatic rings. The molecule has 2 bridgehead atoms. The average Bonchev–Trinajstić information content (AvgIpc) is 2.51. The molecule has 0 amide bonds. The molecule has 1 fully saturated rings. The molecule has 3 nitrogen and oxygen atoms in total. The fraction of sp³-hybridized carbons (Fsp3) is 0.389. The van der Waals surface area contributed by atoms with Gasteiger partial charge >= 0.3 is 0 Å². The monoisotopic (exact) mass is 316 g/mol. The minimum atomic E-state index is -0.546. The Hall–Kier alpha value is -2.01. The number of rotatable bonds is 2. The third kappa shape index (κ3) is 2.70. The number of halogens is 2. The Morgan fingerprint density at radius 3 is 2.78 bits per heavy atom. The summed E-state index contributed by atoms with van der Waals surface area (Å²) in [6.07, 6.45) is 1.08. The van der Waals surface area contributed by atoms with E-state index in [0.717, 1.165) is 37.8 Å². The molecular weight excluding hydrogens is 298 g/mol. The van der Waals surface area contributed by atoms with Gasteiger partial charge in [0.2, 0.25) is 0 Å². The molecule has 2 aliphatic rings. The lowest BCUT2D eigenvalue weighted by Crippen LogP contribution is -2.46. The lowest BCUT2D eigenvalue weighted by molar-refractivity contribution is 0.113. The molecule has 1 saturated heterocycles. The molecule has 0 spiro atoms. The number of nitrogens with zero attached hydrogens (tertiary/aromatic N) is 2. The van der Waals surface area contributed by atoms with Crippen LogP contribution in [0.25, 0.3) is 0 Å². The molecule has 0 saturated carbocycles. The normalized spacial score (nSPS) is 23.6. The fourth-order valence-corrected chi connectivity index (χ4v) is 4.02. The van der Waals surface area contributed by atoms with Crippen LogP contribution < -0.4 is 5.56 Å². The summed E-state index contributed by atoms with van der Waals surface area (Å²) in [6, 6.07) is 9.20. The standard InChI is InChI=1S/C18H18F2N2O/c19-15-5-4-13(16(20)7-15)10-21-8-12-6-14(11-21)17-2-1-3-18(23)22(17)9-12/h1-5,7,12,14H,6,8-11H2/t12-,14-/m0/s1. The Bertz CT molecular complexity index is 802. The molecule has 2 atom stereocenters. The van der Waals surface area contributed by atoms with Gasteiger partial charge in [-0.25, -0.2) is 8.78 Å². The Balaban J connectivity index is 1.57. The zero-order valence-corrected chi connectivity index (χ0v) is 12.7. The van der Waals surface area contributed by atoms with Crippen molar-refractivity contribution >= 4 is 0 Å². The van der Waals surface area contributed by atoms with Crippen LogP contribution in [0, 0.1) is 17.6 Å². The highest BCUT2D eigenvalue weighted by Crippen LogP contribution is 2.35. The Morgan fingerprint density at radius 2 is 1.96 bits per heavy atom. The SMILES string of the molecule is O=c1cccc2n1C[C@H]1C[C@H]2CN(Cc2ccc(F)cc2F)C1. The topological polar surface area (TPSA) is 25.2 Å². The van der Waals surface area contributed by atoms with Crippen LogP contribution in [-0.2, 0) is 13.1 Å². The summed E-state index contributed by atoms with van der Waals surface area (Å²) in [4.78, 5) is 14.2. The van der Waals surface area contributed by atoms with E-state index in [9.17, 15) is 13.6 Å². The third-order valence-corrected chi connectivity index (χ3v) is 4.96. The van der Waals surface area contributed by atoms with Crippen LogP contribution >= 0.6 is 0 Å². The summed E-state index contributed by atoms with van der Waals surface area (Å²) < 4.78 is 28.8. The van der Waals surface area contributed by atoms with E-state index in [2.05, 4.69) is 4.90 Å². The van der Waals surface area contributed by atoms with Crippen molar-refractivity contribution in [2.24, 2.45) is 5.92 Å². The molecule has 0 N–H and O–H groups in total. The molecular formula is C18H18F2N2O. The van der Waals surface area contributed by atoms with Gasteiger partial charge in [-0.3, -0.25) is 9.69 Å². The smallest absolute Gasteiger partial charge is 0.250 e. The first-order chi connectivity index (χ1) is 11.1. The van der Waals surface area contributed by atoms with Crippen molar-refractivity contribution in [3.8, 4) is 0 Å². The van der Waals surface area contributed by atoms with Gasteiger partial charge in [0, 0.05) is 55.5 Å². The summed E-state index contributed by atoms with van der Waals surface area (Å²) in [7, 11) is 0. The average molecular weight is 316 g/mol. The number of fused-ring (bicyclic) bond motifs is 4. The third-order valence-electron chi connectivity index (χ3n) is 4.96. The molecule has 2 aliphatic heterocycles. The maximum absolute atomic E-state index is 13.9. The summed E-state index contributed by atoms with van der Waals surface area (Å²) in [5.41, 5.74) is 1.67. The van der Waals surface area contributed by atoms with Crippen molar-refractivity contribution in [1.82, 2.24) is 9.47 Å². The van der Waals surface area contributed by atoms with Crippen LogP contribution in [0.5, 0.6) is 0 Å². The van der Waals surface area contributed by atoms with Crippen LogP contribution in [0.1, 0.15) is 23.6 Å². The van der Waals surface area contributed by atoms with Crippen molar-refractivity contribution in [1.29, 1.82) is 0 Å². The van der Waals surface area contributed by atoms with Crippen LogP contribution in [0.3, 0.4) is 0 Å². The Morgan fingerprint density at radius 1 is 1.09 bits per heavy atom. The van der Waals surface area contributed by atoms with Gasteiger partial charge in [0.1, 0.15) is 11.6 Å². The van der Waals surface area contributed by atoms with E-state index in [4.69, 9.17) is 0 Å². The van der Waals surface area contributed by atoms with Gasteiger partial charge in [-0.15, -0.1) is 0 Å². The van der Waals surface area contributed by atoms with E-state index in [1.165, 1.54) is 12.1 Å². The molecule has 1 aromatic carbocycles. The maximum atomic E-state index is 13.9. The first-order valence-corrected chi connectivity index (χ1v) is 7.96. The fourth-order valence-electron chi connectivity index (χ4n) is 4.02. The predicted octanol–water partition coefficient (Wildman–Crippen LogP) is 2.75. The first-order valence-electron chi connectivity index (χ1n) is 7.96. The van der Waals surface area contributed by atoms with Gasteiger partial charge in [-0.05, 0) is 24.5 Å². The Labute approximate surface area is 133 Å². The second-order valence-electron chi connectivity index (χ2n) is 6.63. The van der Waals surface area contributed by atoms with Crippen molar-refractivity contribution in [2.75, 3.05) is 13.1 Å². The molecule has 3 heterocycles. The van der Waals surface area contributed by atoms with Crippen LogP contribution in [0.4, 0.5) is 8.78 Å². The van der Waals surface area contributed by atoms with Gasteiger partial charge in [0.05, 0.1) is 0 Å². The molecule has 120 valence electrons. The molecule has 0 radical (unpaired) electrons. The molecule has 0 unspecified atom stereocenters. The van der Waals surface area contributed by atoms with Gasteiger partial charge in [0.15, 0.2) is 0 Å². The highest BCUT2D eigenvalue weighted by Gasteiger charge is 2.34. The van der Waals surface area contributed by atoms with Crippen molar-refractivity contribution in [3.63, 3.8) is 0 Å². The number of pyridine rings is 1. The summed E-state index contributed by atoms with van der Waals surface area (Å²) in [6.45, 7) is 2.86. The van der Waals surface area contributed by atoms with E-state index < -0.39 is 11.6 Å². The van der Waals surface area contributed by atoms with Gasteiger partial charge in [-0.1, -0.05) is 12.1 Å². The van der Waals surface area contributed by atoms with Crippen LogP contribution in [0.2, 0.25) is 0 Å². The highest BCUT2D eigenvalue weighted by molar-refractivity contribution is 5.20. The first kappa shape index (κ1) is 14.6. The van der Waals surface area contributed by atoms with Crippen molar-refractivity contribution in [2.45, 2.75) is 25.4 Å². The van der Waals surface area contributed by atoms with E-state index in [0.29, 0.717) is 23.9 Å². The molecule has 0 aliphatic carbocycles. The van der Waals surface area contributed by atoms with E-state index in [1.807, 2.05) is 16.7 Å². The van der Waals surface area contributed by atoms with E-state index >= 15 is 0 Å². The number of likely N-dealkylation sites (tertiary alicyclic amines) is 1. The minimum absolute atomic E-state index is 0.0650. The van der Waals surface area contributed by atoms with Crippen molar-refractivity contribution < 1.29 is 8.78 Å². The number of piperidine rings is 1. The maximum Gasteiger partial charge on any atom is 0.250 e. The van der Waals surface area contributed by atoms with E-state index in [-0.39, 0.29) is 5.56 Å². The second-order valence-corrected chi connectivity index (χ2v) is 6.63. The summed E-state index contributed by atoms with van der Waals surface area (Å²) >= 11 is 0. The number of benzene rings is 1. The molecule has 1 aromatic heterocycles. The van der Waals surface area contributed by atoms with Crippen LogP contribution in [-0.4, -0.2) is 22.6 Å². The van der Waals surface area contributed by atoms with Gasteiger partial charge in [0.25, 0.3) is 5.56 Å². The quantitative estimate of drug-likeness (QED) is 0.851. The molecule has 5 heteroatoms. The Kier molecular flexibility index (Phi) is 3.53. The van der Waals surface area contributed by atoms with Crippen molar-refractivity contribution in [3.05, 3.63) is 69.6 Å². The van der Waals surface area contributed by atoms with Gasteiger partial charge in [-0.2, -0.15) is 0 Å². The molecule has 23 heavy (non-hydrogen) atoms. The highest BCUT2D eigenvalue weighted by atomic mass is 19.1. The largest absolute Gasteiger partial charge is 0.312 e. The predicted molar refractivity (Wildman–Crippen MR) is 83.2 cm³/mol. The molecule has 4 rings (SSSR count). The lowest BCUT2D eigenvalue weighted by atomic mass is 9.83. The number of aromatic nitrogens is 1. The second kappa shape index (κ2) is 5.57. The summed E-state index contributed by atoms with van der Waals surface area (Å²) in [5, 5.41) is 0. The zero-order chi connectivity index (χ0) is 16.0. The number of hydrogen-bond acceptors (Lipinski definition) is 2. The lowest BCUT2D eigenvalue weighted by Gasteiger charge is -2.42. The summed E-state index contributed by atoms with van der Waals surface area (Å²) in [5.74, 6) is -0.322. The zero-order valence-electron chi connectivity index (χ0n) is 12.7. The van der Waals surface area contributed by atoms with Gasteiger partial charge < -0.3 is 4.57 Å².